The van der Waals surface area contributed by atoms with E-state index >= 15 is 0 Å². The molecule has 0 N–H and O–H groups in total. The number of hydrogen-bond donors (Lipinski definition) is 0. The molecule has 94 valence electrons. The highest BCUT2D eigenvalue weighted by Crippen LogP contribution is 2.27. The predicted octanol–water partition coefficient (Wildman–Crippen LogP) is 4.84. The molecule has 0 fully saturated rings. The first-order valence-corrected chi connectivity index (χ1v) is 6.72. The molecule has 3 nitrogen and oxygen atoms in total. The molecule has 1 aromatic heterocycles. The molecule has 0 saturated heterocycles. The van der Waals surface area contributed by atoms with Gasteiger partial charge in [0.25, 0.3) is 0 Å². The summed E-state index contributed by atoms with van der Waals surface area (Å²) in [5.74, 6) is 1.14. The minimum atomic E-state index is 0.356. The van der Waals surface area contributed by atoms with Crippen LogP contribution >= 0.6 is 27.5 Å². The maximum absolute atomic E-state index is 5.79. The fourth-order valence-corrected chi connectivity index (χ4v) is 2.27. The Bertz CT molecular complexity index is 748. The minimum absolute atomic E-state index is 0.356. The Kier molecular flexibility index (Phi) is 3.36. The van der Waals surface area contributed by atoms with E-state index in [0.717, 1.165) is 15.2 Å². The summed E-state index contributed by atoms with van der Waals surface area (Å²) in [6.45, 7) is 0. The second-order valence-electron chi connectivity index (χ2n) is 3.93. The van der Waals surface area contributed by atoms with Gasteiger partial charge in [0.15, 0.2) is 0 Å². The van der Waals surface area contributed by atoms with Crippen molar-refractivity contribution in [3.05, 3.63) is 58.4 Å². The van der Waals surface area contributed by atoms with Crippen molar-refractivity contribution in [1.29, 1.82) is 0 Å². The van der Waals surface area contributed by atoms with Crippen LogP contribution in [0, 0.1) is 0 Å². The Hall–Kier alpha value is -1.65. The fourth-order valence-electron chi connectivity index (χ4n) is 1.75. The standard InChI is InChI=1S/C14H8BrClN2O/c15-11-3-1-10-6-12(4-2-9(10)5-11)19-14-7-13(16)17-8-18-14/h1-8H. The number of ether oxygens (including phenoxy) is 1. The first-order valence-electron chi connectivity index (χ1n) is 5.55. The molecule has 0 radical (unpaired) electrons. The molecule has 0 amide bonds. The largest absolute Gasteiger partial charge is 0.439 e. The van der Waals surface area contributed by atoms with Gasteiger partial charge in [0.05, 0.1) is 0 Å². The number of hydrogen-bond acceptors (Lipinski definition) is 3. The first-order chi connectivity index (χ1) is 9.20. The van der Waals surface area contributed by atoms with Gasteiger partial charge in [-0.3, -0.25) is 0 Å². The molecule has 2 aromatic carbocycles. The molecule has 0 aliphatic carbocycles. The summed E-state index contributed by atoms with van der Waals surface area (Å²) in [7, 11) is 0. The molecule has 0 spiro atoms. The van der Waals surface area contributed by atoms with Gasteiger partial charge in [0.1, 0.15) is 17.2 Å². The Balaban J connectivity index is 1.95. The zero-order valence-corrected chi connectivity index (χ0v) is 12.0. The Morgan fingerprint density at radius 2 is 1.74 bits per heavy atom. The molecule has 5 heteroatoms. The molecule has 19 heavy (non-hydrogen) atoms. The lowest BCUT2D eigenvalue weighted by Crippen LogP contribution is -1.89. The van der Waals surface area contributed by atoms with Gasteiger partial charge in [-0.1, -0.05) is 39.7 Å². The minimum Gasteiger partial charge on any atom is -0.439 e. The molecule has 1 heterocycles. The summed E-state index contributed by atoms with van der Waals surface area (Å²) >= 11 is 9.24. The van der Waals surface area contributed by atoms with Crippen LogP contribution < -0.4 is 4.74 Å². The molecule has 0 atom stereocenters. The number of fused-ring (bicyclic) bond motifs is 1. The molecule has 0 bridgehead atoms. The van der Waals surface area contributed by atoms with Crippen LogP contribution in [0.1, 0.15) is 0 Å². The Morgan fingerprint density at radius 3 is 2.58 bits per heavy atom. The molecular formula is C14H8BrClN2O. The highest BCUT2D eigenvalue weighted by atomic mass is 79.9. The summed E-state index contributed by atoms with van der Waals surface area (Å²) in [5.41, 5.74) is 0. The van der Waals surface area contributed by atoms with Crippen LogP contribution in [0.25, 0.3) is 10.8 Å². The number of benzene rings is 2. The van der Waals surface area contributed by atoms with Gasteiger partial charge < -0.3 is 4.74 Å². The van der Waals surface area contributed by atoms with E-state index in [1.54, 1.807) is 6.07 Å². The van der Waals surface area contributed by atoms with Crippen LogP contribution in [0.15, 0.2) is 53.3 Å². The topological polar surface area (TPSA) is 35.0 Å². The van der Waals surface area contributed by atoms with Crippen molar-refractivity contribution in [2.45, 2.75) is 0 Å². The van der Waals surface area contributed by atoms with Crippen molar-refractivity contribution in [2.75, 3.05) is 0 Å². The van der Waals surface area contributed by atoms with Gasteiger partial charge in [-0.2, -0.15) is 0 Å². The SMILES string of the molecule is Clc1cc(Oc2ccc3cc(Br)ccc3c2)ncn1. The molecule has 0 saturated carbocycles. The molecular weight excluding hydrogens is 328 g/mol. The summed E-state index contributed by atoms with van der Waals surface area (Å²) in [4.78, 5) is 7.81. The third kappa shape index (κ3) is 2.85. The quantitative estimate of drug-likeness (QED) is 0.629. The third-order valence-corrected chi connectivity index (χ3v) is 3.30. The fraction of sp³-hybridized carbons (Fsp3) is 0. The zero-order chi connectivity index (χ0) is 13.2. The molecule has 3 rings (SSSR count). The van der Waals surface area contributed by atoms with Gasteiger partial charge in [-0.05, 0) is 35.0 Å². The highest BCUT2D eigenvalue weighted by molar-refractivity contribution is 9.10. The van der Waals surface area contributed by atoms with Crippen molar-refractivity contribution in [3.63, 3.8) is 0 Å². The van der Waals surface area contributed by atoms with Gasteiger partial charge in [0.2, 0.25) is 5.88 Å². The van der Waals surface area contributed by atoms with E-state index in [-0.39, 0.29) is 0 Å². The van der Waals surface area contributed by atoms with Gasteiger partial charge >= 0.3 is 0 Å². The van der Waals surface area contributed by atoms with Gasteiger partial charge in [-0.15, -0.1) is 0 Å². The third-order valence-electron chi connectivity index (χ3n) is 2.60. The summed E-state index contributed by atoms with van der Waals surface area (Å²) in [6, 6.07) is 13.5. The van der Waals surface area contributed by atoms with E-state index in [2.05, 4.69) is 32.0 Å². The van der Waals surface area contributed by atoms with E-state index in [1.165, 1.54) is 6.33 Å². The smallest absolute Gasteiger partial charge is 0.223 e. The van der Waals surface area contributed by atoms with Crippen molar-refractivity contribution in [2.24, 2.45) is 0 Å². The van der Waals surface area contributed by atoms with E-state index in [4.69, 9.17) is 16.3 Å². The van der Waals surface area contributed by atoms with Crippen molar-refractivity contribution in [3.8, 4) is 11.6 Å². The molecule has 3 aromatic rings. The second kappa shape index (κ2) is 5.15. The summed E-state index contributed by atoms with van der Waals surface area (Å²) in [6.07, 6.45) is 1.37. The van der Waals surface area contributed by atoms with Crippen LogP contribution in [0.5, 0.6) is 11.6 Å². The number of halogens is 2. The number of nitrogens with zero attached hydrogens (tertiary/aromatic N) is 2. The van der Waals surface area contributed by atoms with Crippen LogP contribution in [0.4, 0.5) is 0 Å². The lowest BCUT2D eigenvalue weighted by atomic mass is 10.1. The lowest BCUT2D eigenvalue weighted by molar-refractivity contribution is 0.462. The van der Waals surface area contributed by atoms with E-state index in [1.807, 2.05) is 30.3 Å². The van der Waals surface area contributed by atoms with Crippen LogP contribution in [0.2, 0.25) is 5.15 Å². The average molecular weight is 336 g/mol. The number of rotatable bonds is 2. The lowest BCUT2D eigenvalue weighted by Gasteiger charge is -2.06. The van der Waals surface area contributed by atoms with Crippen LogP contribution in [0.3, 0.4) is 0 Å². The van der Waals surface area contributed by atoms with Gasteiger partial charge in [0, 0.05) is 10.5 Å². The Morgan fingerprint density at radius 1 is 0.947 bits per heavy atom. The molecule has 0 aliphatic heterocycles. The Labute approximate surface area is 123 Å². The highest BCUT2D eigenvalue weighted by Gasteiger charge is 2.02. The summed E-state index contributed by atoms with van der Waals surface area (Å²) < 4.78 is 6.70. The maximum atomic E-state index is 5.79. The second-order valence-corrected chi connectivity index (χ2v) is 5.24. The monoisotopic (exact) mass is 334 g/mol. The maximum Gasteiger partial charge on any atom is 0.223 e. The molecule has 0 aliphatic rings. The van der Waals surface area contributed by atoms with E-state index < -0.39 is 0 Å². The average Bonchev–Trinajstić information content (AvgIpc) is 2.39. The van der Waals surface area contributed by atoms with E-state index in [0.29, 0.717) is 16.8 Å². The van der Waals surface area contributed by atoms with Crippen LogP contribution in [-0.2, 0) is 0 Å². The van der Waals surface area contributed by atoms with Crippen molar-refractivity contribution >= 4 is 38.3 Å². The molecule has 0 unspecified atom stereocenters. The van der Waals surface area contributed by atoms with Crippen LogP contribution in [-0.4, -0.2) is 9.97 Å². The predicted molar refractivity (Wildman–Crippen MR) is 78.8 cm³/mol. The summed E-state index contributed by atoms with van der Waals surface area (Å²) in [5, 5.41) is 2.60. The number of aromatic nitrogens is 2. The van der Waals surface area contributed by atoms with Crippen molar-refractivity contribution in [1.82, 2.24) is 9.97 Å². The normalized spacial score (nSPS) is 10.6. The van der Waals surface area contributed by atoms with E-state index in [9.17, 15) is 0 Å². The van der Waals surface area contributed by atoms with Crippen molar-refractivity contribution < 1.29 is 4.74 Å². The zero-order valence-electron chi connectivity index (χ0n) is 9.68. The van der Waals surface area contributed by atoms with Gasteiger partial charge in [-0.25, -0.2) is 9.97 Å². The first kappa shape index (κ1) is 12.4.